The average molecular weight is 455 g/mol. The van der Waals surface area contributed by atoms with Gasteiger partial charge in [-0.1, -0.05) is 24.3 Å². The summed E-state index contributed by atoms with van der Waals surface area (Å²) in [4.78, 5) is 28.2. The Morgan fingerprint density at radius 1 is 1.18 bits per heavy atom. The number of carbonyl (C=O) groups excluding carboxylic acids is 1. The molecule has 2 aromatic heterocycles. The average Bonchev–Trinajstić information content (AvgIpc) is 2.81. The molecule has 172 valence electrons. The molecule has 3 heterocycles. The number of amides is 1. The predicted octanol–water partition coefficient (Wildman–Crippen LogP) is 3.41. The number of nitrogens with zero attached hydrogens (tertiary/aromatic N) is 3. The number of carbonyl (C=O) groups is 1. The second kappa shape index (κ2) is 9.45. The summed E-state index contributed by atoms with van der Waals surface area (Å²) in [5, 5.41) is 10.6. The maximum Gasteiger partial charge on any atom is 0.257 e. The minimum Gasteiger partial charge on any atom is -0.438 e. The molecule has 1 amide bonds. The summed E-state index contributed by atoms with van der Waals surface area (Å²) in [6, 6.07) is 14.2. The summed E-state index contributed by atoms with van der Waals surface area (Å²) < 4.78 is 34.7. The van der Waals surface area contributed by atoms with E-state index < -0.39 is 17.9 Å². The maximum absolute atomic E-state index is 14.6. The molecule has 0 spiro atoms. The van der Waals surface area contributed by atoms with Gasteiger partial charge in [-0.3, -0.25) is 14.5 Å². The van der Waals surface area contributed by atoms with Gasteiger partial charge in [0.25, 0.3) is 5.92 Å². The van der Waals surface area contributed by atoms with Crippen molar-refractivity contribution in [1.82, 2.24) is 20.1 Å². The topological polar surface area (TPSA) is 100 Å². The highest BCUT2D eigenvalue weighted by Gasteiger charge is 2.46. The SMILES string of the molecule is C[C@@H](C(=O)Nc1ccc(Oc2ccccc2)nn1)N1CCC(F)(F)[C@@H](c2ccc(=O)[nH]c2)C1. The van der Waals surface area contributed by atoms with Crippen LogP contribution in [0.25, 0.3) is 0 Å². The van der Waals surface area contributed by atoms with E-state index in [2.05, 4.69) is 20.5 Å². The number of hydrogen-bond acceptors (Lipinski definition) is 6. The van der Waals surface area contributed by atoms with Gasteiger partial charge in [0.05, 0.1) is 12.0 Å². The lowest BCUT2D eigenvalue weighted by Gasteiger charge is -2.40. The lowest BCUT2D eigenvalue weighted by atomic mass is 9.87. The van der Waals surface area contributed by atoms with Crippen LogP contribution in [0.15, 0.2) is 65.6 Å². The number of hydrogen-bond donors (Lipinski definition) is 2. The van der Waals surface area contributed by atoms with Crippen LogP contribution in [-0.2, 0) is 4.79 Å². The smallest absolute Gasteiger partial charge is 0.257 e. The molecule has 8 nitrogen and oxygen atoms in total. The molecule has 2 atom stereocenters. The zero-order valence-electron chi connectivity index (χ0n) is 17.9. The van der Waals surface area contributed by atoms with Crippen LogP contribution in [0.1, 0.15) is 24.8 Å². The van der Waals surface area contributed by atoms with Crippen LogP contribution < -0.4 is 15.6 Å². The first-order valence-electron chi connectivity index (χ1n) is 10.5. The van der Waals surface area contributed by atoms with E-state index in [0.717, 1.165) is 0 Å². The van der Waals surface area contributed by atoms with Crippen molar-refractivity contribution in [3.8, 4) is 11.6 Å². The molecule has 2 N–H and O–H groups in total. The summed E-state index contributed by atoms with van der Waals surface area (Å²) in [6.07, 6.45) is 0.920. The minimum absolute atomic E-state index is 0.0246. The van der Waals surface area contributed by atoms with Crippen molar-refractivity contribution in [3.05, 3.63) is 76.7 Å². The monoisotopic (exact) mass is 455 g/mol. The van der Waals surface area contributed by atoms with Gasteiger partial charge in [-0.15, -0.1) is 10.2 Å². The third kappa shape index (κ3) is 5.40. The fourth-order valence-corrected chi connectivity index (χ4v) is 3.71. The van der Waals surface area contributed by atoms with Crippen molar-refractivity contribution in [2.24, 2.45) is 0 Å². The van der Waals surface area contributed by atoms with Crippen LogP contribution in [0.3, 0.4) is 0 Å². The number of ether oxygens (including phenoxy) is 1. The van der Waals surface area contributed by atoms with Crippen LogP contribution in [0.5, 0.6) is 11.6 Å². The lowest BCUT2D eigenvalue weighted by molar-refractivity contribution is -0.125. The van der Waals surface area contributed by atoms with Gasteiger partial charge in [0.1, 0.15) is 5.75 Å². The van der Waals surface area contributed by atoms with Crippen molar-refractivity contribution in [2.75, 3.05) is 18.4 Å². The quantitative estimate of drug-likeness (QED) is 0.591. The fraction of sp³-hybridized carbons (Fsp3) is 0.304. The maximum atomic E-state index is 14.6. The van der Waals surface area contributed by atoms with Crippen molar-refractivity contribution >= 4 is 11.7 Å². The number of nitrogens with one attached hydrogen (secondary N) is 2. The van der Waals surface area contributed by atoms with Gasteiger partial charge >= 0.3 is 0 Å². The van der Waals surface area contributed by atoms with Gasteiger partial charge in [0.15, 0.2) is 5.82 Å². The third-order valence-corrected chi connectivity index (χ3v) is 5.65. The van der Waals surface area contributed by atoms with Gasteiger partial charge in [0, 0.05) is 37.8 Å². The van der Waals surface area contributed by atoms with E-state index in [1.165, 1.54) is 18.3 Å². The Kier molecular flexibility index (Phi) is 6.45. The molecule has 1 saturated heterocycles. The summed E-state index contributed by atoms with van der Waals surface area (Å²) in [5.41, 5.74) is -0.0273. The van der Waals surface area contributed by atoms with E-state index in [-0.39, 0.29) is 42.7 Å². The molecule has 0 radical (unpaired) electrons. The number of anilines is 1. The number of para-hydroxylation sites is 1. The molecule has 0 bridgehead atoms. The summed E-state index contributed by atoms with van der Waals surface area (Å²) >= 11 is 0. The molecule has 3 aromatic rings. The first-order chi connectivity index (χ1) is 15.8. The molecule has 1 aliphatic rings. The zero-order chi connectivity index (χ0) is 23.4. The fourth-order valence-electron chi connectivity index (χ4n) is 3.71. The number of H-pyrrole nitrogens is 1. The van der Waals surface area contributed by atoms with Crippen LogP contribution >= 0.6 is 0 Å². The second-order valence-corrected chi connectivity index (χ2v) is 7.88. The number of halogens is 2. The van der Waals surface area contributed by atoms with Gasteiger partial charge in [0.2, 0.25) is 17.3 Å². The highest BCUT2D eigenvalue weighted by molar-refractivity contribution is 5.93. The molecule has 0 aliphatic carbocycles. The molecule has 10 heteroatoms. The van der Waals surface area contributed by atoms with Crippen LogP contribution in [0.2, 0.25) is 0 Å². The molecule has 1 fully saturated rings. The number of aromatic amines is 1. The van der Waals surface area contributed by atoms with E-state index in [4.69, 9.17) is 4.74 Å². The normalized spacial score (nSPS) is 18.9. The first-order valence-corrected chi connectivity index (χ1v) is 10.5. The Morgan fingerprint density at radius 2 is 1.97 bits per heavy atom. The Hall–Kier alpha value is -3.66. The Morgan fingerprint density at radius 3 is 2.64 bits per heavy atom. The number of aromatic nitrogens is 3. The van der Waals surface area contributed by atoms with Gasteiger partial charge in [-0.25, -0.2) is 8.78 Å². The van der Waals surface area contributed by atoms with Crippen molar-refractivity contribution in [2.45, 2.75) is 31.2 Å². The first kappa shape index (κ1) is 22.5. The van der Waals surface area contributed by atoms with Crippen molar-refractivity contribution < 1.29 is 18.3 Å². The van der Waals surface area contributed by atoms with Gasteiger partial charge < -0.3 is 15.0 Å². The molecule has 33 heavy (non-hydrogen) atoms. The molecule has 4 rings (SSSR count). The van der Waals surface area contributed by atoms with Crippen LogP contribution in [-0.4, -0.2) is 51.0 Å². The molecule has 0 saturated carbocycles. The van der Waals surface area contributed by atoms with E-state index in [9.17, 15) is 18.4 Å². The lowest BCUT2D eigenvalue weighted by Crippen LogP contribution is -2.52. The molecule has 1 aromatic carbocycles. The molecular weight excluding hydrogens is 432 g/mol. The molecule has 1 aliphatic heterocycles. The third-order valence-electron chi connectivity index (χ3n) is 5.65. The number of pyridine rings is 1. The molecular formula is C23H23F2N5O3. The summed E-state index contributed by atoms with van der Waals surface area (Å²) in [7, 11) is 0. The zero-order valence-corrected chi connectivity index (χ0v) is 17.9. The predicted molar refractivity (Wildman–Crippen MR) is 118 cm³/mol. The van der Waals surface area contributed by atoms with E-state index >= 15 is 0 Å². The summed E-state index contributed by atoms with van der Waals surface area (Å²) in [5.74, 6) is -3.35. The highest BCUT2D eigenvalue weighted by Crippen LogP contribution is 2.40. The van der Waals surface area contributed by atoms with E-state index in [1.807, 2.05) is 18.2 Å². The molecule has 0 unspecified atom stereocenters. The largest absolute Gasteiger partial charge is 0.438 e. The number of piperidine rings is 1. The van der Waals surface area contributed by atoms with Gasteiger partial charge in [-0.2, -0.15) is 0 Å². The number of benzene rings is 1. The highest BCUT2D eigenvalue weighted by atomic mass is 19.3. The van der Waals surface area contributed by atoms with E-state index in [1.54, 1.807) is 36.1 Å². The van der Waals surface area contributed by atoms with Crippen molar-refractivity contribution in [1.29, 1.82) is 0 Å². The standard InChI is InChI=1S/C23H23F2N5O3/c1-15(30-12-11-23(24,25)18(14-30)16-7-9-20(31)26-13-16)22(32)27-19-8-10-21(29-28-19)33-17-5-3-2-4-6-17/h2-10,13,15,18H,11-12,14H2,1H3,(H,26,31)(H,27,28,32)/t15-,18+/m0/s1. The minimum atomic E-state index is -2.94. The Labute approximate surface area is 188 Å². The van der Waals surface area contributed by atoms with Gasteiger partial charge in [-0.05, 0) is 30.7 Å². The summed E-state index contributed by atoms with van der Waals surface area (Å²) in [6.45, 7) is 1.70. The number of alkyl halides is 2. The van der Waals surface area contributed by atoms with E-state index in [0.29, 0.717) is 11.3 Å². The van der Waals surface area contributed by atoms with Crippen molar-refractivity contribution in [3.63, 3.8) is 0 Å². The number of likely N-dealkylation sites (tertiary alicyclic amines) is 1. The second-order valence-electron chi connectivity index (χ2n) is 7.88. The Balaban J connectivity index is 1.39. The number of rotatable bonds is 6. The van der Waals surface area contributed by atoms with Crippen LogP contribution in [0, 0.1) is 0 Å². The van der Waals surface area contributed by atoms with Crippen LogP contribution in [0.4, 0.5) is 14.6 Å². The Bertz CT molecular complexity index is 1130.